The first-order valence-corrected chi connectivity index (χ1v) is 4.87. The molecule has 1 N–H and O–H groups in total. The molecule has 0 spiro atoms. The van der Waals surface area contributed by atoms with Crippen molar-refractivity contribution in [3.05, 3.63) is 22.7 Å². The molecular formula is C10H10ClNO3. The summed E-state index contributed by atoms with van der Waals surface area (Å²) in [5.74, 6) is 1.01. The smallest absolute Gasteiger partial charge is 0.231 e. The summed E-state index contributed by atoms with van der Waals surface area (Å²) < 4.78 is 10.3. The number of halogens is 1. The summed E-state index contributed by atoms with van der Waals surface area (Å²) in [5.41, 5.74) is 0.526. The minimum Gasteiger partial charge on any atom is -0.454 e. The number of hydrogen-bond acceptors (Lipinski definition) is 4. The van der Waals surface area contributed by atoms with Gasteiger partial charge in [0, 0.05) is 5.56 Å². The summed E-state index contributed by atoms with van der Waals surface area (Å²) in [6.07, 6.45) is 0. The largest absolute Gasteiger partial charge is 0.454 e. The monoisotopic (exact) mass is 227 g/mol. The molecule has 0 aromatic heterocycles. The zero-order valence-corrected chi connectivity index (χ0v) is 8.93. The van der Waals surface area contributed by atoms with Crippen molar-refractivity contribution in [3.8, 4) is 11.5 Å². The molecule has 1 aromatic carbocycles. The molecule has 1 aliphatic heterocycles. The van der Waals surface area contributed by atoms with Crippen LogP contribution in [0.25, 0.3) is 0 Å². The average Bonchev–Trinajstić information content (AvgIpc) is 2.66. The summed E-state index contributed by atoms with van der Waals surface area (Å²) in [7, 11) is 1.71. The first-order chi connectivity index (χ1) is 7.22. The van der Waals surface area contributed by atoms with Crippen LogP contribution >= 0.6 is 11.6 Å². The van der Waals surface area contributed by atoms with Crippen LogP contribution in [0.2, 0.25) is 5.02 Å². The number of ether oxygens (including phenoxy) is 2. The van der Waals surface area contributed by atoms with Crippen LogP contribution in [0, 0.1) is 0 Å². The lowest BCUT2D eigenvalue weighted by Crippen LogP contribution is -2.18. The number of hydrogen-bond donors (Lipinski definition) is 1. The summed E-state index contributed by atoms with van der Waals surface area (Å²) in [6.45, 7) is 0.425. The van der Waals surface area contributed by atoms with E-state index in [2.05, 4.69) is 5.32 Å². The van der Waals surface area contributed by atoms with Gasteiger partial charge in [0.25, 0.3) is 0 Å². The van der Waals surface area contributed by atoms with Crippen LogP contribution in [0.5, 0.6) is 11.5 Å². The lowest BCUT2D eigenvalue weighted by atomic mass is 10.1. The number of carbonyl (C=O) groups excluding carboxylic acids is 1. The Morgan fingerprint density at radius 2 is 2.33 bits per heavy atom. The highest BCUT2D eigenvalue weighted by Crippen LogP contribution is 2.39. The molecule has 5 heteroatoms. The molecule has 0 unspecified atom stereocenters. The molecule has 1 aliphatic rings. The second-order valence-electron chi connectivity index (χ2n) is 3.15. The summed E-state index contributed by atoms with van der Waals surface area (Å²) in [5, 5.41) is 3.20. The number of carbonyl (C=O) groups is 1. The normalized spacial score (nSPS) is 12.9. The van der Waals surface area contributed by atoms with Crippen molar-refractivity contribution in [2.24, 2.45) is 0 Å². The van der Waals surface area contributed by atoms with Gasteiger partial charge in [-0.3, -0.25) is 4.79 Å². The van der Waals surface area contributed by atoms with Gasteiger partial charge in [-0.15, -0.1) is 0 Å². The maximum absolute atomic E-state index is 11.6. The summed E-state index contributed by atoms with van der Waals surface area (Å²) in [4.78, 5) is 11.6. The molecule has 80 valence electrons. The number of ketones is 1. The van der Waals surface area contributed by atoms with Crippen LogP contribution in [0.15, 0.2) is 12.1 Å². The van der Waals surface area contributed by atoms with Crippen molar-refractivity contribution < 1.29 is 14.3 Å². The molecular weight excluding hydrogens is 218 g/mol. The van der Waals surface area contributed by atoms with Gasteiger partial charge in [0.05, 0.1) is 11.6 Å². The number of nitrogens with one attached hydrogen (secondary N) is 1. The SMILES string of the molecule is CNCC(=O)c1cc(Cl)c2c(c1)OCO2. The fourth-order valence-electron chi connectivity index (χ4n) is 1.39. The van der Waals surface area contributed by atoms with Crippen LogP contribution in [0.1, 0.15) is 10.4 Å². The Bertz CT molecular complexity index is 406. The molecule has 0 fully saturated rings. The predicted molar refractivity (Wildman–Crippen MR) is 55.8 cm³/mol. The molecule has 0 saturated carbocycles. The van der Waals surface area contributed by atoms with E-state index in [1.165, 1.54) is 0 Å². The third-order valence-electron chi connectivity index (χ3n) is 2.09. The average molecular weight is 228 g/mol. The van der Waals surface area contributed by atoms with Crippen LogP contribution in [0.4, 0.5) is 0 Å². The Kier molecular flexibility index (Phi) is 2.79. The lowest BCUT2D eigenvalue weighted by Gasteiger charge is -2.03. The second kappa shape index (κ2) is 4.08. The molecule has 0 saturated heterocycles. The van der Waals surface area contributed by atoms with Crippen LogP contribution in [-0.4, -0.2) is 26.2 Å². The van der Waals surface area contributed by atoms with E-state index < -0.39 is 0 Å². The van der Waals surface area contributed by atoms with E-state index in [1.807, 2.05) is 0 Å². The van der Waals surface area contributed by atoms with E-state index in [9.17, 15) is 4.79 Å². The van der Waals surface area contributed by atoms with Crippen molar-refractivity contribution in [3.63, 3.8) is 0 Å². The minimum atomic E-state index is -0.0299. The van der Waals surface area contributed by atoms with Crippen LogP contribution in [0.3, 0.4) is 0 Å². The molecule has 1 aromatic rings. The molecule has 2 rings (SSSR count). The highest BCUT2D eigenvalue weighted by atomic mass is 35.5. The van der Waals surface area contributed by atoms with Gasteiger partial charge in [0.2, 0.25) is 6.79 Å². The van der Waals surface area contributed by atoms with Crippen molar-refractivity contribution in [2.45, 2.75) is 0 Å². The van der Waals surface area contributed by atoms with Gasteiger partial charge in [-0.2, -0.15) is 0 Å². The van der Waals surface area contributed by atoms with E-state index in [1.54, 1.807) is 19.2 Å². The molecule has 15 heavy (non-hydrogen) atoms. The number of fused-ring (bicyclic) bond motifs is 1. The number of likely N-dealkylation sites (N-methyl/N-ethyl adjacent to an activating group) is 1. The highest BCUT2D eigenvalue weighted by molar-refractivity contribution is 6.32. The zero-order chi connectivity index (χ0) is 10.8. The van der Waals surface area contributed by atoms with Gasteiger partial charge in [-0.25, -0.2) is 0 Å². The maximum Gasteiger partial charge on any atom is 0.231 e. The van der Waals surface area contributed by atoms with Crippen molar-refractivity contribution in [1.82, 2.24) is 5.32 Å². The molecule has 1 heterocycles. The first-order valence-electron chi connectivity index (χ1n) is 4.49. The van der Waals surface area contributed by atoms with Gasteiger partial charge in [-0.05, 0) is 19.2 Å². The van der Waals surface area contributed by atoms with Crippen LogP contribution < -0.4 is 14.8 Å². The van der Waals surface area contributed by atoms with E-state index in [4.69, 9.17) is 21.1 Å². The molecule has 0 bridgehead atoms. The van der Waals surface area contributed by atoms with E-state index in [-0.39, 0.29) is 19.1 Å². The zero-order valence-electron chi connectivity index (χ0n) is 8.17. The first kappa shape index (κ1) is 10.3. The minimum absolute atomic E-state index is 0.0299. The quantitative estimate of drug-likeness (QED) is 0.795. The fourth-order valence-corrected chi connectivity index (χ4v) is 1.66. The van der Waals surface area contributed by atoms with Crippen molar-refractivity contribution in [2.75, 3.05) is 20.4 Å². The molecule has 4 nitrogen and oxygen atoms in total. The third kappa shape index (κ3) is 1.91. The Morgan fingerprint density at radius 1 is 1.53 bits per heavy atom. The van der Waals surface area contributed by atoms with Gasteiger partial charge in [0.15, 0.2) is 17.3 Å². The Balaban J connectivity index is 2.35. The molecule has 0 radical (unpaired) electrons. The number of Topliss-reactive ketones (excluding diaryl/α,β-unsaturated/α-hetero) is 1. The standard InChI is InChI=1S/C10H10ClNO3/c1-12-4-8(13)6-2-7(11)10-9(3-6)14-5-15-10/h2-3,12H,4-5H2,1H3. The predicted octanol–water partition coefficient (Wildman–Crippen LogP) is 1.47. The third-order valence-corrected chi connectivity index (χ3v) is 2.37. The molecule has 0 aliphatic carbocycles. The Morgan fingerprint density at radius 3 is 3.07 bits per heavy atom. The highest BCUT2D eigenvalue weighted by Gasteiger charge is 2.20. The van der Waals surface area contributed by atoms with Gasteiger partial charge in [0.1, 0.15) is 0 Å². The van der Waals surface area contributed by atoms with E-state index in [0.29, 0.717) is 22.1 Å². The Labute approximate surface area is 92.1 Å². The maximum atomic E-state index is 11.6. The Hall–Kier alpha value is -1.26. The van der Waals surface area contributed by atoms with Gasteiger partial charge in [-0.1, -0.05) is 11.6 Å². The number of rotatable bonds is 3. The topological polar surface area (TPSA) is 47.6 Å². The van der Waals surface area contributed by atoms with Crippen molar-refractivity contribution >= 4 is 17.4 Å². The lowest BCUT2D eigenvalue weighted by molar-refractivity contribution is 0.0993. The van der Waals surface area contributed by atoms with E-state index >= 15 is 0 Å². The van der Waals surface area contributed by atoms with Gasteiger partial charge < -0.3 is 14.8 Å². The van der Waals surface area contributed by atoms with Gasteiger partial charge >= 0.3 is 0 Å². The number of benzene rings is 1. The second-order valence-corrected chi connectivity index (χ2v) is 3.55. The summed E-state index contributed by atoms with van der Waals surface area (Å²) >= 11 is 5.94. The van der Waals surface area contributed by atoms with Crippen molar-refractivity contribution in [1.29, 1.82) is 0 Å². The summed E-state index contributed by atoms with van der Waals surface area (Å²) in [6, 6.07) is 3.24. The fraction of sp³-hybridized carbons (Fsp3) is 0.300. The molecule has 0 amide bonds. The van der Waals surface area contributed by atoms with Crippen LogP contribution in [-0.2, 0) is 0 Å². The van der Waals surface area contributed by atoms with E-state index in [0.717, 1.165) is 0 Å². The molecule has 0 atom stereocenters.